The highest BCUT2D eigenvalue weighted by Gasteiger charge is 2.40. The van der Waals surface area contributed by atoms with Crippen molar-refractivity contribution in [3.8, 4) is 22.3 Å². The zero-order chi connectivity index (χ0) is 34.1. The van der Waals surface area contributed by atoms with Crippen molar-refractivity contribution in [2.45, 2.75) is 88.9 Å². The Morgan fingerprint density at radius 3 is 1.96 bits per heavy atom. The Hall–Kier alpha value is -4.62. The third-order valence-electron chi connectivity index (χ3n) is 13.5. The second-order valence-electron chi connectivity index (χ2n) is 16.8. The molecule has 3 unspecified atom stereocenters. The smallest absolute Gasteiger partial charge is 0.0465 e. The summed E-state index contributed by atoms with van der Waals surface area (Å²) in [6, 6.07) is 49.2. The molecule has 3 atom stereocenters. The first-order valence-electron chi connectivity index (χ1n) is 19.8. The predicted molar refractivity (Wildman–Crippen MR) is 216 cm³/mol. The maximum absolute atomic E-state index is 2.51. The maximum Gasteiger partial charge on any atom is 0.0465 e. The van der Waals surface area contributed by atoms with E-state index in [1.54, 1.807) is 5.56 Å². The third-order valence-corrected chi connectivity index (χ3v) is 13.5. The van der Waals surface area contributed by atoms with Crippen molar-refractivity contribution >= 4 is 27.8 Å². The summed E-state index contributed by atoms with van der Waals surface area (Å²) < 4.78 is 0. The standard InChI is InChI=1S/C50H49N/c1-50(2)48-32-43(27-28-45(48)46-14-8-13-44(49(46)50)40-18-17-35-11-6-7-12-38(35)31-40)51(41-23-19-36(20-24-41)34-9-4-3-5-10-34)42-25-21-37(22-26-42)47-30-33-15-16-39(47)29-33/h6-8,11-14,17-28,31-34,39,47H,3-5,9-10,15-16,29-30H2,1-2H3. The normalized spacial score (nSPS) is 21.9. The largest absolute Gasteiger partial charge is 0.310 e. The lowest BCUT2D eigenvalue weighted by molar-refractivity contribution is 0.420. The first-order chi connectivity index (χ1) is 25.0. The first-order valence-corrected chi connectivity index (χ1v) is 19.8. The van der Waals surface area contributed by atoms with Gasteiger partial charge in [0, 0.05) is 22.5 Å². The number of anilines is 3. The van der Waals surface area contributed by atoms with Gasteiger partial charge in [0.25, 0.3) is 0 Å². The molecule has 6 aromatic rings. The van der Waals surface area contributed by atoms with Gasteiger partial charge in [-0.05, 0) is 154 Å². The molecule has 0 aromatic heterocycles. The van der Waals surface area contributed by atoms with E-state index in [9.17, 15) is 0 Å². The fourth-order valence-electron chi connectivity index (χ4n) is 10.9. The van der Waals surface area contributed by atoms with Gasteiger partial charge in [-0.1, -0.05) is 124 Å². The average Bonchev–Trinajstić information content (AvgIpc) is 3.88. The Kier molecular flexibility index (Phi) is 7.49. The van der Waals surface area contributed by atoms with Gasteiger partial charge in [-0.3, -0.25) is 0 Å². The van der Waals surface area contributed by atoms with Gasteiger partial charge in [-0.25, -0.2) is 0 Å². The molecule has 1 heteroatoms. The molecule has 3 fully saturated rings. The fourth-order valence-corrected chi connectivity index (χ4v) is 10.9. The van der Waals surface area contributed by atoms with Crippen LogP contribution in [0, 0.1) is 11.8 Å². The van der Waals surface area contributed by atoms with E-state index in [-0.39, 0.29) is 5.41 Å². The number of rotatable bonds is 6. The van der Waals surface area contributed by atoms with Crippen LogP contribution in [0.2, 0.25) is 0 Å². The number of fused-ring (bicyclic) bond motifs is 6. The lowest BCUT2D eigenvalue weighted by Crippen LogP contribution is -2.17. The van der Waals surface area contributed by atoms with E-state index >= 15 is 0 Å². The van der Waals surface area contributed by atoms with E-state index in [4.69, 9.17) is 0 Å². The monoisotopic (exact) mass is 663 g/mol. The third kappa shape index (κ3) is 5.26. The van der Waals surface area contributed by atoms with Crippen LogP contribution in [0.25, 0.3) is 33.0 Å². The average molecular weight is 664 g/mol. The summed E-state index contributed by atoms with van der Waals surface area (Å²) in [5.74, 6) is 3.30. The number of hydrogen-bond donors (Lipinski definition) is 0. The Morgan fingerprint density at radius 2 is 1.24 bits per heavy atom. The van der Waals surface area contributed by atoms with Crippen molar-refractivity contribution in [1.29, 1.82) is 0 Å². The molecule has 1 nitrogen and oxygen atoms in total. The molecule has 4 aliphatic carbocycles. The molecule has 4 aliphatic rings. The van der Waals surface area contributed by atoms with E-state index in [0.29, 0.717) is 5.92 Å². The number of hydrogen-bond acceptors (Lipinski definition) is 1. The number of benzene rings is 6. The van der Waals surface area contributed by atoms with Crippen LogP contribution in [0.5, 0.6) is 0 Å². The lowest BCUT2D eigenvalue weighted by atomic mass is 9.78. The second-order valence-corrected chi connectivity index (χ2v) is 16.8. The molecule has 2 bridgehead atoms. The lowest BCUT2D eigenvalue weighted by Gasteiger charge is -2.30. The highest BCUT2D eigenvalue weighted by atomic mass is 15.1. The highest BCUT2D eigenvalue weighted by molar-refractivity contribution is 5.93. The van der Waals surface area contributed by atoms with E-state index in [2.05, 4.69) is 146 Å². The van der Waals surface area contributed by atoms with Gasteiger partial charge >= 0.3 is 0 Å². The van der Waals surface area contributed by atoms with Crippen LogP contribution in [0.15, 0.2) is 127 Å². The van der Waals surface area contributed by atoms with Crippen molar-refractivity contribution in [1.82, 2.24) is 0 Å². The highest BCUT2D eigenvalue weighted by Crippen LogP contribution is 2.55. The summed E-state index contributed by atoms with van der Waals surface area (Å²) in [6.07, 6.45) is 12.5. The summed E-state index contributed by atoms with van der Waals surface area (Å²) in [5, 5.41) is 2.58. The first kappa shape index (κ1) is 31.1. The Morgan fingerprint density at radius 1 is 0.529 bits per heavy atom. The van der Waals surface area contributed by atoms with Crippen LogP contribution >= 0.6 is 0 Å². The van der Waals surface area contributed by atoms with Crippen LogP contribution in [0.3, 0.4) is 0 Å². The quantitative estimate of drug-likeness (QED) is 0.171. The Balaban J connectivity index is 1.05. The molecule has 0 heterocycles. The van der Waals surface area contributed by atoms with Gasteiger partial charge in [0.05, 0.1) is 0 Å². The predicted octanol–water partition coefficient (Wildman–Crippen LogP) is 14.2. The molecular weight excluding hydrogens is 615 g/mol. The molecular formula is C50H49N. The zero-order valence-corrected chi connectivity index (χ0v) is 30.2. The second kappa shape index (κ2) is 12.3. The van der Waals surface area contributed by atoms with Crippen molar-refractivity contribution in [3.05, 3.63) is 150 Å². The zero-order valence-electron chi connectivity index (χ0n) is 30.2. The minimum Gasteiger partial charge on any atom is -0.310 e. The van der Waals surface area contributed by atoms with Crippen molar-refractivity contribution in [2.24, 2.45) is 11.8 Å². The van der Waals surface area contributed by atoms with Crippen molar-refractivity contribution in [3.63, 3.8) is 0 Å². The molecule has 3 saturated carbocycles. The van der Waals surface area contributed by atoms with E-state index in [0.717, 1.165) is 17.8 Å². The molecule has 0 N–H and O–H groups in total. The van der Waals surface area contributed by atoms with E-state index in [1.807, 2.05) is 0 Å². The van der Waals surface area contributed by atoms with Crippen LogP contribution in [-0.4, -0.2) is 0 Å². The minimum absolute atomic E-state index is 0.148. The summed E-state index contributed by atoms with van der Waals surface area (Å²) in [4.78, 5) is 2.51. The van der Waals surface area contributed by atoms with Gasteiger partial charge in [0.1, 0.15) is 0 Å². The van der Waals surface area contributed by atoms with Crippen LogP contribution in [0.4, 0.5) is 17.1 Å². The minimum atomic E-state index is -0.148. The molecule has 0 saturated heterocycles. The Bertz CT molecular complexity index is 2230. The molecule has 0 spiro atoms. The van der Waals surface area contributed by atoms with E-state index in [1.165, 1.54) is 125 Å². The van der Waals surface area contributed by atoms with Crippen LogP contribution < -0.4 is 4.90 Å². The van der Waals surface area contributed by atoms with Crippen LogP contribution in [0.1, 0.15) is 106 Å². The van der Waals surface area contributed by atoms with Gasteiger partial charge in [0.2, 0.25) is 0 Å². The molecule has 51 heavy (non-hydrogen) atoms. The van der Waals surface area contributed by atoms with Gasteiger partial charge in [-0.2, -0.15) is 0 Å². The van der Waals surface area contributed by atoms with E-state index < -0.39 is 0 Å². The van der Waals surface area contributed by atoms with Gasteiger partial charge in [0.15, 0.2) is 0 Å². The summed E-state index contributed by atoms with van der Waals surface area (Å²) in [5.41, 5.74) is 14.8. The summed E-state index contributed by atoms with van der Waals surface area (Å²) in [6.45, 7) is 4.86. The molecule has 0 aliphatic heterocycles. The van der Waals surface area contributed by atoms with Crippen molar-refractivity contribution < 1.29 is 0 Å². The molecule has 0 radical (unpaired) electrons. The van der Waals surface area contributed by atoms with Gasteiger partial charge in [-0.15, -0.1) is 0 Å². The maximum atomic E-state index is 2.51. The molecule has 254 valence electrons. The molecule has 0 amide bonds. The Labute approximate surface area is 304 Å². The molecule has 6 aromatic carbocycles. The summed E-state index contributed by atoms with van der Waals surface area (Å²) >= 11 is 0. The van der Waals surface area contributed by atoms with Gasteiger partial charge < -0.3 is 4.90 Å². The molecule has 10 rings (SSSR count). The summed E-state index contributed by atoms with van der Waals surface area (Å²) in [7, 11) is 0. The topological polar surface area (TPSA) is 3.24 Å². The SMILES string of the molecule is CC1(C)c2cc(N(c3ccc(C4CCCCC4)cc3)c3ccc(C4CC5CCC4C5)cc3)ccc2-c2cccc(-c3ccc4ccccc4c3)c21. The number of nitrogens with zero attached hydrogens (tertiary/aromatic N) is 1. The fraction of sp³-hybridized carbons (Fsp3) is 0.320. The van der Waals surface area contributed by atoms with Crippen molar-refractivity contribution in [2.75, 3.05) is 4.90 Å². The van der Waals surface area contributed by atoms with Crippen LogP contribution in [-0.2, 0) is 5.41 Å².